The Kier molecular flexibility index (Phi) is 5.30. The summed E-state index contributed by atoms with van der Waals surface area (Å²) in [5.41, 5.74) is 2.00. The van der Waals surface area contributed by atoms with Gasteiger partial charge in [0.05, 0.1) is 17.8 Å². The van der Waals surface area contributed by atoms with E-state index in [0.717, 1.165) is 0 Å². The van der Waals surface area contributed by atoms with Gasteiger partial charge < -0.3 is 15.1 Å². The smallest absolute Gasteiger partial charge is 0.251 e. The van der Waals surface area contributed by atoms with Crippen molar-refractivity contribution in [1.29, 1.82) is 0 Å². The Morgan fingerprint density at radius 1 is 1.15 bits per heavy atom. The van der Waals surface area contributed by atoms with E-state index in [-0.39, 0.29) is 18.0 Å². The second-order valence-corrected chi connectivity index (χ2v) is 5.94. The Labute approximate surface area is 155 Å². The number of aromatic nitrogens is 1. The minimum atomic E-state index is -0.475. The number of oxazole rings is 1. The molecule has 0 fully saturated rings. The Hall–Kier alpha value is -3.48. The van der Waals surface area contributed by atoms with Gasteiger partial charge in [-0.15, -0.1) is 0 Å². The Morgan fingerprint density at radius 2 is 1.93 bits per heavy atom. The van der Waals surface area contributed by atoms with Crippen molar-refractivity contribution in [2.75, 3.05) is 5.32 Å². The van der Waals surface area contributed by atoms with Gasteiger partial charge in [-0.2, -0.15) is 0 Å². The molecular formula is C20H18FN3O3. The third-order valence-electron chi connectivity index (χ3n) is 3.86. The number of anilines is 1. The maximum absolute atomic E-state index is 13.2. The summed E-state index contributed by atoms with van der Waals surface area (Å²) < 4.78 is 18.9. The molecular weight excluding hydrogens is 349 g/mol. The van der Waals surface area contributed by atoms with Crippen molar-refractivity contribution in [3.05, 3.63) is 71.4 Å². The molecule has 2 N–H and O–H groups in total. The lowest BCUT2D eigenvalue weighted by atomic mass is 10.1. The molecule has 0 aliphatic carbocycles. The minimum absolute atomic E-state index is 0.132. The van der Waals surface area contributed by atoms with E-state index in [2.05, 4.69) is 15.6 Å². The van der Waals surface area contributed by atoms with Gasteiger partial charge in [-0.05, 0) is 37.3 Å². The Morgan fingerprint density at radius 3 is 2.67 bits per heavy atom. The lowest BCUT2D eigenvalue weighted by Crippen LogP contribution is -2.23. The fourth-order valence-electron chi connectivity index (χ4n) is 2.57. The molecule has 1 aromatic heterocycles. The van der Waals surface area contributed by atoms with Gasteiger partial charge in [-0.25, -0.2) is 9.37 Å². The monoisotopic (exact) mass is 367 g/mol. The highest BCUT2D eigenvalue weighted by Crippen LogP contribution is 2.28. The predicted octanol–water partition coefficient (Wildman–Crippen LogP) is 3.68. The van der Waals surface area contributed by atoms with Crippen LogP contribution >= 0.6 is 0 Å². The van der Waals surface area contributed by atoms with Gasteiger partial charge in [0.2, 0.25) is 11.8 Å². The van der Waals surface area contributed by atoms with Gasteiger partial charge in [0.1, 0.15) is 17.3 Å². The second kappa shape index (κ2) is 7.82. The number of hydrogen-bond donors (Lipinski definition) is 2. The van der Waals surface area contributed by atoms with Crippen LogP contribution in [0.15, 0.2) is 52.9 Å². The fraction of sp³-hybridized carbons (Fsp3) is 0.150. The number of rotatable bonds is 5. The summed E-state index contributed by atoms with van der Waals surface area (Å²) in [5, 5.41) is 5.43. The van der Waals surface area contributed by atoms with Crippen LogP contribution in [0.1, 0.15) is 28.7 Å². The molecule has 0 atom stereocenters. The number of halogens is 1. The molecule has 3 rings (SSSR count). The molecule has 6 nitrogen and oxygen atoms in total. The number of carbonyl (C=O) groups is 2. The van der Waals surface area contributed by atoms with Crippen LogP contribution in [-0.2, 0) is 11.3 Å². The molecule has 7 heteroatoms. The summed E-state index contributed by atoms with van der Waals surface area (Å²) in [4.78, 5) is 27.9. The number of carbonyl (C=O) groups excluding carboxylic acids is 2. The number of amides is 2. The first-order chi connectivity index (χ1) is 12.9. The topological polar surface area (TPSA) is 84.2 Å². The van der Waals surface area contributed by atoms with E-state index in [9.17, 15) is 14.0 Å². The summed E-state index contributed by atoms with van der Waals surface area (Å²) in [6, 6.07) is 12.6. The van der Waals surface area contributed by atoms with Gasteiger partial charge in [0.15, 0.2) is 0 Å². The zero-order valence-corrected chi connectivity index (χ0v) is 14.9. The highest BCUT2D eigenvalue weighted by atomic mass is 19.1. The van der Waals surface area contributed by atoms with Crippen LogP contribution in [0.25, 0.3) is 11.5 Å². The molecule has 0 aliphatic rings. The zero-order chi connectivity index (χ0) is 19.4. The second-order valence-electron chi connectivity index (χ2n) is 5.94. The van der Waals surface area contributed by atoms with E-state index in [1.165, 1.54) is 31.2 Å². The van der Waals surface area contributed by atoms with Crippen molar-refractivity contribution in [1.82, 2.24) is 10.3 Å². The number of aryl methyl sites for hydroxylation is 1. The first-order valence-corrected chi connectivity index (χ1v) is 8.31. The normalized spacial score (nSPS) is 10.5. The standard InChI is InChI=1S/C20H18FN3O3/c1-12-18(11-22-19(26)14-6-5-7-15(21)10-14)24-20(27-12)16-8-3-4-9-17(16)23-13(2)25/h3-10H,11H2,1-2H3,(H,22,26)(H,23,25). The van der Waals surface area contributed by atoms with E-state index in [1.54, 1.807) is 25.1 Å². The van der Waals surface area contributed by atoms with Crippen LogP contribution < -0.4 is 10.6 Å². The predicted molar refractivity (Wildman–Crippen MR) is 98.5 cm³/mol. The molecule has 0 radical (unpaired) electrons. The molecule has 1 heterocycles. The van der Waals surface area contributed by atoms with Crippen molar-refractivity contribution in [3.8, 4) is 11.5 Å². The van der Waals surface area contributed by atoms with Crippen molar-refractivity contribution in [2.45, 2.75) is 20.4 Å². The average Bonchev–Trinajstić information content (AvgIpc) is 3.00. The van der Waals surface area contributed by atoms with E-state index in [0.29, 0.717) is 28.6 Å². The van der Waals surface area contributed by atoms with E-state index in [4.69, 9.17) is 4.42 Å². The molecule has 0 saturated carbocycles. The van der Waals surface area contributed by atoms with Crippen LogP contribution in [0.5, 0.6) is 0 Å². The number of nitrogens with zero attached hydrogens (tertiary/aromatic N) is 1. The molecule has 3 aromatic rings. The number of para-hydroxylation sites is 1. The number of hydrogen-bond acceptors (Lipinski definition) is 4. The minimum Gasteiger partial charge on any atom is -0.441 e. The Bertz CT molecular complexity index is 998. The van der Waals surface area contributed by atoms with E-state index >= 15 is 0 Å². The lowest BCUT2D eigenvalue weighted by Gasteiger charge is -2.06. The molecule has 27 heavy (non-hydrogen) atoms. The fourth-order valence-corrected chi connectivity index (χ4v) is 2.57. The van der Waals surface area contributed by atoms with Crippen LogP contribution in [0, 0.1) is 12.7 Å². The van der Waals surface area contributed by atoms with Gasteiger partial charge >= 0.3 is 0 Å². The van der Waals surface area contributed by atoms with Crippen molar-refractivity contribution in [2.24, 2.45) is 0 Å². The average molecular weight is 367 g/mol. The molecule has 0 bridgehead atoms. The molecule has 138 valence electrons. The lowest BCUT2D eigenvalue weighted by molar-refractivity contribution is -0.114. The SMILES string of the molecule is CC(=O)Nc1ccccc1-c1nc(CNC(=O)c2cccc(F)c2)c(C)o1. The molecule has 0 spiro atoms. The van der Waals surface area contributed by atoms with Crippen molar-refractivity contribution >= 4 is 17.5 Å². The molecule has 0 aliphatic heterocycles. The first kappa shape index (κ1) is 18.3. The summed E-state index contributed by atoms with van der Waals surface area (Å²) in [7, 11) is 0. The molecule has 0 unspecified atom stereocenters. The molecule has 2 aromatic carbocycles. The Balaban J connectivity index is 1.77. The molecule has 2 amide bonds. The highest BCUT2D eigenvalue weighted by Gasteiger charge is 2.16. The third kappa shape index (κ3) is 4.38. The van der Waals surface area contributed by atoms with E-state index < -0.39 is 11.7 Å². The summed E-state index contributed by atoms with van der Waals surface area (Å²) in [6.45, 7) is 3.29. The summed E-state index contributed by atoms with van der Waals surface area (Å²) in [5.74, 6) is -0.198. The molecule has 0 saturated heterocycles. The quantitative estimate of drug-likeness (QED) is 0.720. The third-order valence-corrected chi connectivity index (χ3v) is 3.86. The largest absolute Gasteiger partial charge is 0.441 e. The van der Waals surface area contributed by atoms with Crippen LogP contribution in [0.2, 0.25) is 0 Å². The van der Waals surface area contributed by atoms with Crippen molar-refractivity contribution < 1.29 is 18.4 Å². The van der Waals surface area contributed by atoms with Crippen molar-refractivity contribution in [3.63, 3.8) is 0 Å². The first-order valence-electron chi connectivity index (χ1n) is 8.31. The van der Waals surface area contributed by atoms with Gasteiger partial charge in [-0.3, -0.25) is 9.59 Å². The van der Waals surface area contributed by atoms with Gasteiger partial charge in [0, 0.05) is 12.5 Å². The number of nitrogens with one attached hydrogen (secondary N) is 2. The maximum Gasteiger partial charge on any atom is 0.251 e. The van der Waals surface area contributed by atoms with Crippen LogP contribution in [0.3, 0.4) is 0 Å². The van der Waals surface area contributed by atoms with Crippen LogP contribution in [0.4, 0.5) is 10.1 Å². The summed E-state index contributed by atoms with van der Waals surface area (Å²) >= 11 is 0. The highest BCUT2D eigenvalue weighted by molar-refractivity contribution is 5.94. The summed E-state index contributed by atoms with van der Waals surface area (Å²) in [6.07, 6.45) is 0. The van der Waals surface area contributed by atoms with Gasteiger partial charge in [0.25, 0.3) is 5.91 Å². The van der Waals surface area contributed by atoms with Gasteiger partial charge in [-0.1, -0.05) is 18.2 Å². The maximum atomic E-state index is 13.2. The van der Waals surface area contributed by atoms with E-state index in [1.807, 2.05) is 6.07 Å². The van der Waals surface area contributed by atoms with Crippen LogP contribution in [-0.4, -0.2) is 16.8 Å². The number of benzene rings is 2. The zero-order valence-electron chi connectivity index (χ0n) is 14.9.